The lowest BCUT2D eigenvalue weighted by Gasteiger charge is -2.07. The number of carbonyl (C=O) groups excluding carboxylic acids is 2. The zero-order valence-electron chi connectivity index (χ0n) is 15.2. The number of H-pyrrole nitrogens is 1. The standard InChI is InChI=1S/C20H24N4O2/c1-13-19-16(15-8-4-5-9-17(15)24-19)12-18(23-13)20(26)22-11-7-3-6-10-21-14(2)25/h4-5,8-9,12,24H,3,6-7,10-11H2,1-2H3,(H,21,25)(H,22,26). The van der Waals surface area contributed by atoms with E-state index in [0.717, 1.165) is 46.8 Å². The molecule has 0 bridgehead atoms. The lowest BCUT2D eigenvalue weighted by Crippen LogP contribution is -2.26. The molecule has 3 N–H and O–H groups in total. The molecule has 6 heteroatoms. The minimum absolute atomic E-state index is 0.00702. The Morgan fingerprint density at radius 3 is 2.54 bits per heavy atom. The zero-order chi connectivity index (χ0) is 18.5. The molecule has 0 aliphatic rings. The summed E-state index contributed by atoms with van der Waals surface area (Å²) in [5, 5.41) is 7.82. The first-order chi connectivity index (χ1) is 12.6. The van der Waals surface area contributed by atoms with Crippen LogP contribution in [0.5, 0.6) is 0 Å². The number of aromatic amines is 1. The van der Waals surface area contributed by atoms with Crippen LogP contribution in [0.15, 0.2) is 30.3 Å². The highest BCUT2D eigenvalue weighted by Gasteiger charge is 2.13. The zero-order valence-corrected chi connectivity index (χ0v) is 15.2. The largest absolute Gasteiger partial charge is 0.356 e. The predicted molar refractivity (Wildman–Crippen MR) is 103 cm³/mol. The first-order valence-corrected chi connectivity index (χ1v) is 8.97. The van der Waals surface area contributed by atoms with Gasteiger partial charge in [0.1, 0.15) is 5.69 Å². The summed E-state index contributed by atoms with van der Waals surface area (Å²) in [6.45, 7) is 4.71. The number of para-hydroxylation sites is 1. The van der Waals surface area contributed by atoms with Crippen LogP contribution in [0.4, 0.5) is 0 Å². The molecule has 0 atom stereocenters. The van der Waals surface area contributed by atoms with E-state index in [2.05, 4.69) is 20.6 Å². The fourth-order valence-electron chi connectivity index (χ4n) is 3.10. The normalized spacial score (nSPS) is 11.0. The van der Waals surface area contributed by atoms with E-state index >= 15 is 0 Å². The average molecular weight is 352 g/mol. The summed E-state index contributed by atoms with van der Waals surface area (Å²) in [5.74, 6) is -0.158. The third-order valence-corrected chi connectivity index (χ3v) is 4.42. The van der Waals surface area contributed by atoms with Crippen LogP contribution in [-0.4, -0.2) is 34.9 Å². The molecule has 2 amide bonds. The van der Waals surface area contributed by atoms with Crippen molar-refractivity contribution in [2.45, 2.75) is 33.1 Å². The highest BCUT2D eigenvalue weighted by atomic mass is 16.2. The van der Waals surface area contributed by atoms with Gasteiger partial charge in [0.25, 0.3) is 5.91 Å². The van der Waals surface area contributed by atoms with E-state index in [1.807, 2.05) is 37.3 Å². The molecule has 2 heterocycles. The maximum atomic E-state index is 12.4. The van der Waals surface area contributed by atoms with E-state index in [9.17, 15) is 9.59 Å². The molecule has 0 aliphatic heterocycles. The van der Waals surface area contributed by atoms with Crippen molar-refractivity contribution in [3.8, 4) is 0 Å². The molecule has 2 aromatic heterocycles. The second-order valence-electron chi connectivity index (χ2n) is 6.49. The number of fused-ring (bicyclic) bond motifs is 3. The number of aryl methyl sites for hydroxylation is 1. The highest BCUT2D eigenvalue weighted by molar-refractivity contribution is 6.10. The van der Waals surface area contributed by atoms with Crippen molar-refractivity contribution in [3.63, 3.8) is 0 Å². The topological polar surface area (TPSA) is 86.9 Å². The fraction of sp³-hybridized carbons (Fsp3) is 0.350. The molecule has 3 aromatic rings. The summed E-state index contributed by atoms with van der Waals surface area (Å²) >= 11 is 0. The Bertz CT molecular complexity index is 946. The second kappa shape index (κ2) is 7.99. The van der Waals surface area contributed by atoms with Crippen molar-refractivity contribution >= 4 is 33.6 Å². The Labute approximate surface area is 152 Å². The van der Waals surface area contributed by atoms with Gasteiger partial charge in [-0.2, -0.15) is 0 Å². The Kier molecular flexibility index (Phi) is 5.51. The van der Waals surface area contributed by atoms with Crippen molar-refractivity contribution in [1.29, 1.82) is 0 Å². The van der Waals surface area contributed by atoms with Gasteiger partial charge in [-0.15, -0.1) is 0 Å². The molecule has 0 radical (unpaired) electrons. The molecule has 1 aromatic carbocycles. The Hall–Kier alpha value is -2.89. The number of rotatable bonds is 7. The van der Waals surface area contributed by atoms with Crippen LogP contribution >= 0.6 is 0 Å². The summed E-state index contributed by atoms with van der Waals surface area (Å²) in [7, 11) is 0. The van der Waals surface area contributed by atoms with Gasteiger partial charge in [0.05, 0.1) is 11.2 Å². The number of hydrogen-bond acceptors (Lipinski definition) is 3. The van der Waals surface area contributed by atoms with Crippen LogP contribution < -0.4 is 10.6 Å². The molecule has 0 spiro atoms. The van der Waals surface area contributed by atoms with Crippen LogP contribution in [0.25, 0.3) is 21.8 Å². The van der Waals surface area contributed by atoms with E-state index in [-0.39, 0.29) is 11.8 Å². The number of carbonyl (C=O) groups is 2. The van der Waals surface area contributed by atoms with Crippen LogP contribution in [0.3, 0.4) is 0 Å². The fourth-order valence-corrected chi connectivity index (χ4v) is 3.10. The Morgan fingerprint density at radius 1 is 1.04 bits per heavy atom. The highest BCUT2D eigenvalue weighted by Crippen LogP contribution is 2.27. The maximum Gasteiger partial charge on any atom is 0.269 e. The number of unbranched alkanes of at least 4 members (excludes halogenated alkanes) is 2. The number of pyridine rings is 1. The van der Waals surface area contributed by atoms with Crippen molar-refractivity contribution in [3.05, 3.63) is 41.7 Å². The first-order valence-electron chi connectivity index (χ1n) is 8.97. The van der Waals surface area contributed by atoms with Crippen LogP contribution in [-0.2, 0) is 4.79 Å². The number of benzene rings is 1. The molecule has 6 nitrogen and oxygen atoms in total. The lowest BCUT2D eigenvalue weighted by atomic mass is 10.1. The van der Waals surface area contributed by atoms with Gasteiger partial charge in [-0.1, -0.05) is 18.2 Å². The molecule has 0 saturated carbocycles. The third-order valence-electron chi connectivity index (χ3n) is 4.42. The molecule has 3 rings (SSSR count). The summed E-state index contributed by atoms with van der Waals surface area (Å²) in [5.41, 5.74) is 3.28. The van der Waals surface area contributed by atoms with Crippen LogP contribution in [0, 0.1) is 6.92 Å². The molecule has 0 aliphatic carbocycles. The SMILES string of the molecule is CC(=O)NCCCCCNC(=O)c1cc2c([nH]c3ccccc32)c(C)n1. The van der Waals surface area contributed by atoms with Gasteiger partial charge >= 0.3 is 0 Å². The van der Waals surface area contributed by atoms with Crippen LogP contribution in [0.1, 0.15) is 42.4 Å². The van der Waals surface area contributed by atoms with Gasteiger partial charge in [-0.3, -0.25) is 9.59 Å². The number of aromatic nitrogens is 2. The van der Waals surface area contributed by atoms with Crippen molar-refractivity contribution in [1.82, 2.24) is 20.6 Å². The number of amides is 2. The molecule has 0 saturated heterocycles. The minimum atomic E-state index is -0.151. The summed E-state index contributed by atoms with van der Waals surface area (Å²) in [4.78, 5) is 31.0. The van der Waals surface area contributed by atoms with E-state index in [1.165, 1.54) is 6.92 Å². The average Bonchev–Trinajstić information content (AvgIpc) is 3.00. The summed E-state index contributed by atoms with van der Waals surface area (Å²) in [6.07, 6.45) is 2.74. The van der Waals surface area contributed by atoms with E-state index < -0.39 is 0 Å². The van der Waals surface area contributed by atoms with Gasteiger partial charge in [0.2, 0.25) is 5.91 Å². The van der Waals surface area contributed by atoms with E-state index in [1.54, 1.807) is 0 Å². The second-order valence-corrected chi connectivity index (χ2v) is 6.49. The summed E-state index contributed by atoms with van der Waals surface area (Å²) < 4.78 is 0. The van der Waals surface area contributed by atoms with Gasteiger partial charge in [0.15, 0.2) is 0 Å². The molecular weight excluding hydrogens is 328 g/mol. The van der Waals surface area contributed by atoms with E-state index in [0.29, 0.717) is 18.8 Å². The smallest absolute Gasteiger partial charge is 0.269 e. The van der Waals surface area contributed by atoms with Crippen molar-refractivity contribution in [2.75, 3.05) is 13.1 Å². The lowest BCUT2D eigenvalue weighted by molar-refractivity contribution is -0.118. The van der Waals surface area contributed by atoms with Gasteiger partial charge in [0, 0.05) is 36.3 Å². The van der Waals surface area contributed by atoms with Gasteiger partial charge in [-0.05, 0) is 38.3 Å². The molecule has 136 valence electrons. The molecule has 0 unspecified atom stereocenters. The van der Waals surface area contributed by atoms with Crippen molar-refractivity contribution in [2.24, 2.45) is 0 Å². The Morgan fingerprint density at radius 2 is 1.77 bits per heavy atom. The van der Waals surface area contributed by atoms with Crippen molar-refractivity contribution < 1.29 is 9.59 Å². The number of nitrogens with zero attached hydrogens (tertiary/aromatic N) is 1. The molecular formula is C20H24N4O2. The van der Waals surface area contributed by atoms with E-state index in [4.69, 9.17) is 0 Å². The predicted octanol–water partition coefficient (Wildman–Crippen LogP) is 3.06. The molecule has 26 heavy (non-hydrogen) atoms. The summed E-state index contributed by atoms with van der Waals surface area (Å²) in [6, 6.07) is 9.90. The monoisotopic (exact) mass is 352 g/mol. The number of nitrogens with one attached hydrogen (secondary N) is 3. The number of hydrogen-bond donors (Lipinski definition) is 3. The first kappa shape index (κ1) is 17.9. The van der Waals surface area contributed by atoms with Gasteiger partial charge in [-0.25, -0.2) is 4.98 Å². The molecule has 0 fully saturated rings. The van der Waals surface area contributed by atoms with Crippen LogP contribution in [0.2, 0.25) is 0 Å². The maximum absolute atomic E-state index is 12.4. The minimum Gasteiger partial charge on any atom is -0.356 e. The Balaban J connectivity index is 1.62. The third kappa shape index (κ3) is 4.02. The quantitative estimate of drug-likeness (QED) is 0.571. The van der Waals surface area contributed by atoms with Gasteiger partial charge < -0.3 is 15.6 Å².